The molecule has 0 radical (unpaired) electrons. The lowest BCUT2D eigenvalue weighted by molar-refractivity contribution is 0.343. The lowest BCUT2D eigenvalue weighted by Crippen LogP contribution is -2.34. The molecule has 10 nitrogen and oxygen atoms in total. The van der Waals surface area contributed by atoms with Gasteiger partial charge in [0.25, 0.3) is 5.56 Å². The standard InChI is InChI=1S/C19H17FN6O4S/c1-25-11-23-16-3-2-13(8-14(16)19(25)27)30-18-15(9-21)17(4-6-22-18)24-31(28,29)26-7-5-12(20)10-26/h2-4,6,8,11-12H,5,7,10H2,1H3,(H,22,24)/t12-/m1/s1. The van der Waals surface area contributed by atoms with Crippen LogP contribution in [-0.2, 0) is 17.3 Å². The normalized spacial score (nSPS) is 16.9. The van der Waals surface area contributed by atoms with Crippen LogP contribution in [0.1, 0.15) is 12.0 Å². The Hall–Kier alpha value is -3.56. The van der Waals surface area contributed by atoms with Crippen molar-refractivity contribution in [1.29, 1.82) is 5.26 Å². The van der Waals surface area contributed by atoms with Crippen LogP contribution in [0.25, 0.3) is 10.9 Å². The average molecular weight is 444 g/mol. The van der Waals surface area contributed by atoms with E-state index < -0.39 is 16.4 Å². The monoisotopic (exact) mass is 444 g/mol. The predicted octanol–water partition coefficient (Wildman–Crippen LogP) is 1.69. The van der Waals surface area contributed by atoms with Crippen LogP contribution < -0.4 is 15.0 Å². The van der Waals surface area contributed by atoms with Gasteiger partial charge in [0.15, 0.2) is 0 Å². The third-order valence-corrected chi connectivity index (χ3v) is 6.29. The van der Waals surface area contributed by atoms with Crippen LogP contribution in [0.3, 0.4) is 0 Å². The molecule has 160 valence electrons. The predicted molar refractivity (Wildman–Crippen MR) is 110 cm³/mol. The molecule has 2 aromatic heterocycles. The molecule has 0 bridgehead atoms. The van der Waals surface area contributed by atoms with Crippen molar-refractivity contribution in [2.75, 3.05) is 17.8 Å². The van der Waals surface area contributed by atoms with E-state index in [1.807, 2.05) is 6.07 Å². The molecule has 0 aliphatic carbocycles. The highest BCUT2D eigenvalue weighted by molar-refractivity contribution is 7.90. The summed E-state index contributed by atoms with van der Waals surface area (Å²) in [5.41, 5.74) is -0.00107. The van der Waals surface area contributed by atoms with E-state index in [0.29, 0.717) is 10.9 Å². The SMILES string of the molecule is Cn1cnc2ccc(Oc3nccc(NS(=O)(=O)N4CC[C@@H](F)C4)c3C#N)cc2c1=O. The van der Waals surface area contributed by atoms with E-state index in [4.69, 9.17) is 4.74 Å². The second kappa shape index (κ2) is 7.93. The highest BCUT2D eigenvalue weighted by Crippen LogP contribution is 2.30. The summed E-state index contributed by atoms with van der Waals surface area (Å²) < 4.78 is 48.8. The van der Waals surface area contributed by atoms with Gasteiger partial charge in [-0.05, 0) is 30.7 Å². The number of alkyl halides is 1. The van der Waals surface area contributed by atoms with Crippen LogP contribution in [0.4, 0.5) is 10.1 Å². The molecule has 1 fully saturated rings. The summed E-state index contributed by atoms with van der Waals surface area (Å²) in [6, 6.07) is 7.80. The number of nitriles is 1. The number of nitrogens with one attached hydrogen (secondary N) is 1. The Morgan fingerprint density at radius 2 is 2.13 bits per heavy atom. The maximum Gasteiger partial charge on any atom is 0.301 e. The molecule has 12 heteroatoms. The number of pyridine rings is 1. The van der Waals surface area contributed by atoms with Crippen LogP contribution in [0.15, 0.2) is 41.6 Å². The Morgan fingerprint density at radius 3 is 2.84 bits per heavy atom. The van der Waals surface area contributed by atoms with Crippen LogP contribution in [0.5, 0.6) is 11.6 Å². The van der Waals surface area contributed by atoms with Gasteiger partial charge in [0.05, 0.1) is 22.9 Å². The summed E-state index contributed by atoms with van der Waals surface area (Å²) in [4.78, 5) is 20.5. The second-order valence-electron chi connectivity index (χ2n) is 6.94. The van der Waals surface area contributed by atoms with Crippen molar-refractivity contribution >= 4 is 26.8 Å². The van der Waals surface area contributed by atoms with E-state index in [0.717, 1.165) is 4.31 Å². The lowest BCUT2D eigenvalue weighted by atomic mass is 10.2. The molecule has 0 amide bonds. The van der Waals surface area contributed by atoms with Crippen LogP contribution in [0.2, 0.25) is 0 Å². The first kappa shape index (κ1) is 20.7. The van der Waals surface area contributed by atoms with Gasteiger partial charge in [-0.1, -0.05) is 0 Å². The minimum atomic E-state index is -4.05. The fourth-order valence-electron chi connectivity index (χ4n) is 3.19. The van der Waals surface area contributed by atoms with Gasteiger partial charge in [-0.3, -0.25) is 9.52 Å². The Labute approximate surface area is 176 Å². The van der Waals surface area contributed by atoms with Crippen LogP contribution in [0, 0.1) is 11.3 Å². The zero-order valence-electron chi connectivity index (χ0n) is 16.3. The number of nitrogens with zero attached hydrogens (tertiary/aromatic N) is 5. The van der Waals surface area contributed by atoms with Crippen molar-refractivity contribution in [2.24, 2.45) is 7.05 Å². The molecule has 4 rings (SSSR count). The first-order valence-electron chi connectivity index (χ1n) is 9.23. The Bertz CT molecular complexity index is 1370. The minimum absolute atomic E-state index is 0.0480. The van der Waals surface area contributed by atoms with E-state index in [-0.39, 0.29) is 47.9 Å². The molecule has 1 saturated heterocycles. The van der Waals surface area contributed by atoms with Crippen LogP contribution in [-0.4, -0.2) is 46.5 Å². The molecular formula is C19H17FN6O4S. The number of aromatic nitrogens is 3. The van der Waals surface area contributed by atoms with Gasteiger partial charge in [0.2, 0.25) is 5.88 Å². The summed E-state index contributed by atoms with van der Waals surface area (Å²) in [5.74, 6) is 0.0778. The molecule has 0 saturated carbocycles. The van der Waals surface area contributed by atoms with E-state index in [1.54, 1.807) is 19.2 Å². The first-order valence-corrected chi connectivity index (χ1v) is 10.7. The Balaban J connectivity index is 1.66. The number of rotatable bonds is 5. The fourth-order valence-corrected chi connectivity index (χ4v) is 4.47. The van der Waals surface area contributed by atoms with Gasteiger partial charge in [0, 0.05) is 26.3 Å². The number of halogens is 1. The van der Waals surface area contributed by atoms with Gasteiger partial charge in [-0.2, -0.15) is 18.0 Å². The third-order valence-electron chi connectivity index (χ3n) is 4.80. The zero-order chi connectivity index (χ0) is 22.2. The molecule has 0 unspecified atom stereocenters. The van der Waals surface area contributed by atoms with Gasteiger partial charge < -0.3 is 9.30 Å². The van der Waals surface area contributed by atoms with E-state index in [2.05, 4.69) is 14.7 Å². The molecule has 1 N–H and O–H groups in total. The quantitative estimate of drug-likeness (QED) is 0.634. The molecule has 1 aromatic carbocycles. The molecule has 1 aliphatic heterocycles. The second-order valence-corrected chi connectivity index (χ2v) is 8.61. The average Bonchev–Trinajstić information content (AvgIpc) is 3.18. The summed E-state index contributed by atoms with van der Waals surface area (Å²) in [5, 5.41) is 9.90. The number of anilines is 1. The van der Waals surface area contributed by atoms with Crippen molar-refractivity contribution in [2.45, 2.75) is 12.6 Å². The summed E-state index contributed by atoms with van der Waals surface area (Å²) in [7, 11) is -2.48. The number of ether oxygens (including phenoxy) is 1. The highest BCUT2D eigenvalue weighted by atomic mass is 32.2. The number of benzene rings is 1. The molecule has 0 spiro atoms. The fraction of sp³-hybridized carbons (Fsp3) is 0.263. The topological polar surface area (TPSA) is 130 Å². The van der Waals surface area contributed by atoms with E-state index in [1.165, 1.54) is 29.2 Å². The van der Waals surface area contributed by atoms with Gasteiger partial charge in [-0.15, -0.1) is 0 Å². The maximum absolute atomic E-state index is 13.4. The molecule has 3 aromatic rings. The largest absolute Gasteiger partial charge is 0.438 e. The number of aryl methyl sites for hydroxylation is 1. The van der Waals surface area contributed by atoms with E-state index in [9.17, 15) is 22.9 Å². The number of hydrogen-bond acceptors (Lipinski definition) is 7. The zero-order valence-corrected chi connectivity index (χ0v) is 17.1. The lowest BCUT2D eigenvalue weighted by Gasteiger charge is -2.18. The summed E-state index contributed by atoms with van der Waals surface area (Å²) in [6.45, 7) is -0.196. The molecule has 31 heavy (non-hydrogen) atoms. The van der Waals surface area contributed by atoms with Crippen molar-refractivity contribution in [1.82, 2.24) is 18.8 Å². The van der Waals surface area contributed by atoms with Crippen molar-refractivity contribution in [3.8, 4) is 17.7 Å². The van der Waals surface area contributed by atoms with Crippen LogP contribution >= 0.6 is 0 Å². The minimum Gasteiger partial charge on any atom is -0.438 e. The number of hydrogen-bond donors (Lipinski definition) is 1. The summed E-state index contributed by atoms with van der Waals surface area (Å²) in [6.07, 6.45) is 1.57. The van der Waals surface area contributed by atoms with E-state index >= 15 is 0 Å². The van der Waals surface area contributed by atoms with Gasteiger partial charge in [-0.25, -0.2) is 14.4 Å². The molecule has 1 aliphatic rings. The first-order chi connectivity index (χ1) is 14.8. The summed E-state index contributed by atoms with van der Waals surface area (Å²) >= 11 is 0. The molecular weight excluding hydrogens is 427 g/mol. The smallest absolute Gasteiger partial charge is 0.301 e. The highest BCUT2D eigenvalue weighted by Gasteiger charge is 2.32. The van der Waals surface area contributed by atoms with Crippen molar-refractivity contribution < 1.29 is 17.5 Å². The van der Waals surface area contributed by atoms with Crippen molar-refractivity contribution in [3.63, 3.8) is 0 Å². The van der Waals surface area contributed by atoms with Gasteiger partial charge in [0.1, 0.15) is 23.6 Å². The van der Waals surface area contributed by atoms with Gasteiger partial charge >= 0.3 is 10.2 Å². The maximum atomic E-state index is 13.4. The Kier molecular flexibility index (Phi) is 5.30. The molecule has 1 atom stereocenters. The Morgan fingerprint density at radius 1 is 1.32 bits per heavy atom. The number of fused-ring (bicyclic) bond motifs is 1. The molecule has 3 heterocycles. The third kappa shape index (κ3) is 4.05. The van der Waals surface area contributed by atoms with Crippen molar-refractivity contribution in [3.05, 3.63) is 52.7 Å².